The SMILES string of the molecule is O=[N+]([O-])c1ccc(S(=O)(=O)N2CCCC(CO)C2)cn1. The van der Waals surface area contributed by atoms with Crippen molar-refractivity contribution in [2.24, 2.45) is 5.92 Å². The van der Waals surface area contributed by atoms with Gasteiger partial charge in [-0.1, -0.05) is 0 Å². The summed E-state index contributed by atoms with van der Waals surface area (Å²) in [6, 6.07) is 2.25. The van der Waals surface area contributed by atoms with Crippen LogP contribution >= 0.6 is 0 Å². The molecule has 9 heteroatoms. The Bertz CT molecular complexity index is 587. The Morgan fingerprint density at radius 1 is 1.50 bits per heavy atom. The number of hydrogen-bond donors (Lipinski definition) is 1. The molecule has 1 aliphatic rings. The van der Waals surface area contributed by atoms with Gasteiger partial charge in [0.25, 0.3) is 0 Å². The number of aliphatic hydroxyl groups excluding tert-OH is 1. The average Bonchev–Trinajstić information content (AvgIpc) is 2.47. The minimum absolute atomic E-state index is 0.0511. The van der Waals surface area contributed by atoms with E-state index in [9.17, 15) is 18.5 Å². The molecule has 0 saturated carbocycles. The van der Waals surface area contributed by atoms with E-state index in [0.29, 0.717) is 13.0 Å². The second-order valence-electron chi connectivity index (χ2n) is 4.66. The molecule has 20 heavy (non-hydrogen) atoms. The number of aliphatic hydroxyl groups is 1. The zero-order valence-electron chi connectivity index (χ0n) is 10.7. The van der Waals surface area contributed by atoms with Crippen LogP contribution in [0.15, 0.2) is 23.2 Å². The maximum absolute atomic E-state index is 12.4. The van der Waals surface area contributed by atoms with E-state index in [2.05, 4.69) is 4.98 Å². The molecule has 1 aromatic rings. The van der Waals surface area contributed by atoms with Gasteiger partial charge >= 0.3 is 5.82 Å². The van der Waals surface area contributed by atoms with Crippen LogP contribution < -0.4 is 0 Å². The highest BCUT2D eigenvalue weighted by atomic mass is 32.2. The number of rotatable bonds is 4. The van der Waals surface area contributed by atoms with Gasteiger partial charge in [-0.3, -0.25) is 0 Å². The Balaban J connectivity index is 2.23. The highest BCUT2D eigenvalue weighted by Gasteiger charge is 2.31. The fourth-order valence-electron chi connectivity index (χ4n) is 2.18. The highest BCUT2D eigenvalue weighted by Crippen LogP contribution is 2.23. The first-order valence-electron chi connectivity index (χ1n) is 6.16. The van der Waals surface area contributed by atoms with Gasteiger partial charge in [0, 0.05) is 25.8 Å². The van der Waals surface area contributed by atoms with Crippen LogP contribution in [0.2, 0.25) is 0 Å². The predicted octanol–water partition coefficient (Wildman–Crippen LogP) is 0.383. The van der Waals surface area contributed by atoms with Crippen LogP contribution in [0.4, 0.5) is 5.82 Å². The molecule has 0 aliphatic carbocycles. The Morgan fingerprint density at radius 2 is 2.25 bits per heavy atom. The monoisotopic (exact) mass is 301 g/mol. The van der Waals surface area contributed by atoms with Gasteiger partial charge in [-0.15, -0.1) is 0 Å². The number of pyridine rings is 1. The zero-order chi connectivity index (χ0) is 14.8. The summed E-state index contributed by atoms with van der Waals surface area (Å²) in [4.78, 5) is 13.3. The summed E-state index contributed by atoms with van der Waals surface area (Å²) in [5.41, 5.74) is 0. The number of piperidine rings is 1. The van der Waals surface area contributed by atoms with E-state index in [1.807, 2.05) is 0 Å². The van der Waals surface area contributed by atoms with Gasteiger partial charge in [0.05, 0.1) is 0 Å². The van der Waals surface area contributed by atoms with Gasteiger partial charge in [-0.2, -0.15) is 4.31 Å². The normalized spacial score (nSPS) is 20.8. The van der Waals surface area contributed by atoms with Crippen LogP contribution in [0.1, 0.15) is 12.8 Å². The van der Waals surface area contributed by atoms with E-state index in [-0.39, 0.29) is 24.0 Å². The lowest BCUT2D eigenvalue weighted by Crippen LogP contribution is -2.40. The molecular weight excluding hydrogens is 286 g/mol. The Hall–Kier alpha value is -1.58. The number of aromatic nitrogens is 1. The molecule has 0 radical (unpaired) electrons. The predicted molar refractivity (Wildman–Crippen MR) is 69.5 cm³/mol. The molecule has 1 aromatic heterocycles. The molecule has 1 N–H and O–H groups in total. The third-order valence-electron chi connectivity index (χ3n) is 3.29. The van der Waals surface area contributed by atoms with Crippen LogP contribution in [-0.2, 0) is 10.0 Å². The molecule has 2 heterocycles. The summed E-state index contributed by atoms with van der Waals surface area (Å²) in [5.74, 6) is -0.458. The van der Waals surface area contributed by atoms with E-state index in [1.54, 1.807) is 0 Å². The van der Waals surface area contributed by atoms with Gasteiger partial charge < -0.3 is 15.2 Å². The molecular formula is C11H15N3O5S. The largest absolute Gasteiger partial charge is 0.396 e. The first-order chi connectivity index (χ1) is 9.45. The second-order valence-corrected chi connectivity index (χ2v) is 6.60. The third-order valence-corrected chi connectivity index (χ3v) is 5.13. The molecule has 1 aliphatic heterocycles. The summed E-state index contributed by atoms with van der Waals surface area (Å²) in [5, 5.41) is 19.6. The van der Waals surface area contributed by atoms with Crippen molar-refractivity contribution in [3.63, 3.8) is 0 Å². The van der Waals surface area contributed by atoms with E-state index < -0.39 is 20.8 Å². The molecule has 1 fully saturated rings. The third kappa shape index (κ3) is 2.94. The van der Waals surface area contributed by atoms with Gasteiger partial charge in [-0.05, 0) is 34.7 Å². The lowest BCUT2D eigenvalue weighted by molar-refractivity contribution is -0.389. The minimum Gasteiger partial charge on any atom is -0.396 e. The zero-order valence-corrected chi connectivity index (χ0v) is 11.5. The summed E-state index contributed by atoms with van der Waals surface area (Å²) in [6.45, 7) is 0.593. The van der Waals surface area contributed by atoms with Crippen molar-refractivity contribution >= 4 is 15.8 Å². The number of nitro groups is 1. The van der Waals surface area contributed by atoms with E-state index in [4.69, 9.17) is 5.11 Å². The van der Waals surface area contributed by atoms with Crippen LogP contribution in [0.5, 0.6) is 0 Å². The van der Waals surface area contributed by atoms with Crippen molar-refractivity contribution in [2.75, 3.05) is 19.7 Å². The Labute approximate surface area is 116 Å². The molecule has 0 amide bonds. The van der Waals surface area contributed by atoms with Crippen molar-refractivity contribution in [3.8, 4) is 0 Å². The molecule has 1 unspecified atom stereocenters. The number of nitrogens with zero attached hydrogens (tertiary/aromatic N) is 3. The fourth-order valence-corrected chi connectivity index (χ4v) is 3.68. The number of sulfonamides is 1. The van der Waals surface area contributed by atoms with Crippen molar-refractivity contribution in [2.45, 2.75) is 17.7 Å². The molecule has 0 spiro atoms. The summed E-state index contributed by atoms with van der Waals surface area (Å²) < 4.78 is 26.0. The molecule has 1 atom stereocenters. The Kier molecular flexibility index (Phi) is 4.31. The Morgan fingerprint density at radius 3 is 2.80 bits per heavy atom. The van der Waals surface area contributed by atoms with Crippen molar-refractivity contribution < 1.29 is 18.4 Å². The van der Waals surface area contributed by atoms with Crippen LogP contribution in [0.3, 0.4) is 0 Å². The smallest absolute Gasteiger partial charge is 0.363 e. The molecule has 0 bridgehead atoms. The second kappa shape index (κ2) is 5.81. The van der Waals surface area contributed by atoms with Crippen LogP contribution in [0, 0.1) is 16.0 Å². The van der Waals surface area contributed by atoms with E-state index >= 15 is 0 Å². The van der Waals surface area contributed by atoms with Crippen molar-refractivity contribution in [3.05, 3.63) is 28.4 Å². The summed E-state index contributed by atoms with van der Waals surface area (Å²) in [6.07, 6.45) is 2.47. The lowest BCUT2D eigenvalue weighted by atomic mass is 10.0. The molecule has 1 saturated heterocycles. The van der Waals surface area contributed by atoms with Crippen molar-refractivity contribution in [1.82, 2.24) is 9.29 Å². The van der Waals surface area contributed by atoms with Crippen molar-refractivity contribution in [1.29, 1.82) is 0 Å². The van der Waals surface area contributed by atoms with E-state index in [0.717, 1.165) is 18.7 Å². The molecule has 8 nitrogen and oxygen atoms in total. The minimum atomic E-state index is -3.71. The van der Waals surface area contributed by atoms with Crippen LogP contribution in [0.25, 0.3) is 0 Å². The average molecular weight is 301 g/mol. The standard InChI is InChI=1S/C11H15N3O5S/c15-8-9-2-1-5-13(7-9)20(18,19)10-3-4-11(12-6-10)14(16)17/h3-4,6,9,15H,1-2,5,7-8H2. The topological polar surface area (TPSA) is 114 Å². The highest BCUT2D eigenvalue weighted by molar-refractivity contribution is 7.89. The summed E-state index contributed by atoms with van der Waals surface area (Å²) in [7, 11) is -3.71. The first-order valence-corrected chi connectivity index (χ1v) is 7.60. The summed E-state index contributed by atoms with van der Waals surface area (Å²) >= 11 is 0. The van der Waals surface area contributed by atoms with E-state index in [1.165, 1.54) is 10.4 Å². The number of hydrogen-bond acceptors (Lipinski definition) is 6. The maximum atomic E-state index is 12.4. The van der Waals surface area contributed by atoms with Gasteiger partial charge in [0.15, 0.2) is 6.20 Å². The van der Waals surface area contributed by atoms with Crippen LogP contribution in [-0.4, -0.2) is 47.4 Å². The fraction of sp³-hybridized carbons (Fsp3) is 0.545. The van der Waals surface area contributed by atoms with Gasteiger partial charge in [-0.25, -0.2) is 8.42 Å². The molecule has 2 rings (SSSR count). The van der Waals surface area contributed by atoms with Gasteiger partial charge in [0.1, 0.15) is 4.90 Å². The maximum Gasteiger partial charge on any atom is 0.363 e. The first kappa shape index (κ1) is 14.8. The molecule has 110 valence electrons. The molecule has 0 aromatic carbocycles. The lowest BCUT2D eigenvalue weighted by Gasteiger charge is -2.30. The van der Waals surface area contributed by atoms with Gasteiger partial charge in [0.2, 0.25) is 10.0 Å². The quantitative estimate of drug-likeness (QED) is 0.635.